The molecule has 0 fully saturated rings. The summed E-state index contributed by atoms with van der Waals surface area (Å²) >= 11 is 2.15. The second-order valence-electron chi connectivity index (χ2n) is 3.86. The third-order valence-corrected chi connectivity index (χ3v) is 3.31. The zero-order valence-corrected chi connectivity index (χ0v) is 11.8. The molecule has 0 bridgehead atoms. The molecule has 0 aliphatic heterocycles. The number of hydrogen-bond donors (Lipinski definition) is 1. The minimum atomic E-state index is -0.140. The van der Waals surface area contributed by atoms with E-state index >= 15 is 0 Å². The fraction of sp³-hybridized carbons (Fsp3) is 0.364. The lowest BCUT2D eigenvalue weighted by Crippen LogP contribution is -2.32. The summed E-state index contributed by atoms with van der Waals surface area (Å²) < 4.78 is 2.59. The van der Waals surface area contributed by atoms with Crippen molar-refractivity contribution in [2.75, 3.05) is 0 Å². The lowest BCUT2D eigenvalue weighted by atomic mass is 10.2. The molecule has 1 N–H and O–H groups in total. The fourth-order valence-corrected chi connectivity index (χ4v) is 1.86. The van der Waals surface area contributed by atoms with Crippen molar-refractivity contribution < 1.29 is 4.79 Å². The molecular formula is C11H13IN4O. The molecule has 2 heterocycles. The average Bonchev–Trinajstić information content (AvgIpc) is 2.70. The number of nitrogens with zero attached hydrogens (tertiary/aromatic N) is 3. The highest BCUT2D eigenvalue weighted by molar-refractivity contribution is 14.1. The first-order valence-corrected chi connectivity index (χ1v) is 6.50. The first-order valence-electron chi connectivity index (χ1n) is 5.42. The number of carbonyl (C=O) groups is 1. The Kier molecular flexibility index (Phi) is 3.60. The van der Waals surface area contributed by atoms with E-state index < -0.39 is 0 Å². The topological polar surface area (TPSA) is 59.3 Å². The van der Waals surface area contributed by atoms with Gasteiger partial charge in [0.25, 0.3) is 5.91 Å². The van der Waals surface area contributed by atoms with Gasteiger partial charge in [0.15, 0.2) is 5.65 Å². The summed E-state index contributed by atoms with van der Waals surface area (Å²) in [5.41, 5.74) is 1.14. The van der Waals surface area contributed by atoms with Gasteiger partial charge in [0.1, 0.15) is 5.69 Å². The first-order chi connectivity index (χ1) is 8.11. The van der Waals surface area contributed by atoms with Gasteiger partial charge in [-0.1, -0.05) is 6.92 Å². The minimum Gasteiger partial charge on any atom is -0.348 e. The number of rotatable bonds is 3. The molecule has 0 aromatic carbocycles. The second-order valence-corrected chi connectivity index (χ2v) is 5.02. The van der Waals surface area contributed by atoms with E-state index in [2.05, 4.69) is 38.0 Å². The molecule has 1 unspecified atom stereocenters. The lowest BCUT2D eigenvalue weighted by molar-refractivity contribution is 0.0934. The Hall–Kier alpha value is -1.18. The maximum atomic E-state index is 11.9. The molecule has 5 nitrogen and oxygen atoms in total. The summed E-state index contributed by atoms with van der Waals surface area (Å²) in [6.07, 6.45) is 4.37. The number of fused-ring (bicyclic) bond motifs is 1. The average molecular weight is 344 g/mol. The Bertz CT molecular complexity index is 551. The number of carbonyl (C=O) groups excluding carboxylic acids is 1. The van der Waals surface area contributed by atoms with Crippen LogP contribution in [0.25, 0.3) is 5.65 Å². The van der Waals surface area contributed by atoms with Crippen LogP contribution in [0.15, 0.2) is 18.5 Å². The van der Waals surface area contributed by atoms with Crippen LogP contribution < -0.4 is 5.32 Å². The van der Waals surface area contributed by atoms with Crippen molar-refractivity contribution in [3.8, 4) is 0 Å². The highest BCUT2D eigenvalue weighted by Crippen LogP contribution is 2.11. The molecule has 2 aromatic rings. The zero-order valence-electron chi connectivity index (χ0n) is 9.64. The molecule has 0 spiro atoms. The highest BCUT2D eigenvalue weighted by atomic mass is 127. The third-order valence-electron chi connectivity index (χ3n) is 2.55. The van der Waals surface area contributed by atoms with Crippen molar-refractivity contribution in [3.63, 3.8) is 0 Å². The van der Waals surface area contributed by atoms with Crippen molar-refractivity contribution in [3.05, 3.63) is 27.7 Å². The van der Waals surface area contributed by atoms with E-state index in [1.807, 2.05) is 13.8 Å². The van der Waals surface area contributed by atoms with Crippen LogP contribution in [-0.4, -0.2) is 26.5 Å². The summed E-state index contributed by atoms with van der Waals surface area (Å²) in [6.45, 7) is 4.00. The quantitative estimate of drug-likeness (QED) is 0.865. The zero-order chi connectivity index (χ0) is 12.4. The molecule has 0 saturated heterocycles. The van der Waals surface area contributed by atoms with Crippen LogP contribution in [0.4, 0.5) is 0 Å². The molecule has 0 aliphatic carbocycles. The molecule has 2 rings (SSSR count). The van der Waals surface area contributed by atoms with Crippen LogP contribution in [-0.2, 0) is 0 Å². The largest absolute Gasteiger partial charge is 0.348 e. The van der Waals surface area contributed by atoms with Gasteiger partial charge in [-0.25, -0.2) is 9.50 Å². The predicted molar refractivity (Wildman–Crippen MR) is 72.9 cm³/mol. The minimum absolute atomic E-state index is 0.140. The van der Waals surface area contributed by atoms with Crippen LogP contribution in [0.1, 0.15) is 30.8 Å². The van der Waals surface area contributed by atoms with Gasteiger partial charge in [0.05, 0.1) is 9.77 Å². The van der Waals surface area contributed by atoms with Crippen LogP contribution in [0.5, 0.6) is 0 Å². The Morgan fingerprint density at radius 1 is 1.65 bits per heavy atom. The van der Waals surface area contributed by atoms with E-state index in [1.165, 1.54) is 0 Å². The summed E-state index contributed by atoms with van der Waals surface area (Å²) in [5, 5.41) is 7.00. The number of aromatic nitrogens is 3. The number of amides is 1. The standard InChI is InChI=1S/C11H13IN4O/c1-3-7(2)14-11(17)9-4-5-16-10(15-9)8(12)6-13-16/h4-7H,3H2,1-2H3,(H,14,17). The Morgan fingerprint density at radius 2 is 2.41 bits per heavy atom. The molecule has 90 valence electrons. The second kappa shape index (κ2) is 4.99. The van der Waals surface area contributed by atoms with Gasteiger partial charge < -0.3 is 5.32 Å². The summed E-state index contributed by atoms with van der Waals surface area (Å²) in [6, 6.07) is 1.83. The SMILES string of the molecule is CCC(C)NC(=O)c1ccn2ncc(I)c2n1. The van der Waals surface area contributed by atoms with Crippen molar-refractivity contribution >= 4 is 34.1 Å². The summed E-state index contributed by atoms with van der Waals surface area (Å²) in [4.78, 5) is 16.2. The van der Waals surface area contributed by atoms with Gasteiger partial charge in [-0.15, -0.1) is 0 Å². The number of nitrogens with one attached hydrogen (secondary N) is 1. The summed E-state index contributed by atoms with van der Waals surface area (Å²) in [7, 11) is 0. The monoisotopic (exact) mass is 344 g/mol. The van der Waals surface area contributed by atoms with E-state index in [-0.39, 0.29) is 11.9 Å². The van der Waals surface area contributed by atoms with Gasteiger partial charge in [-0.05, 0) is 42.0 Å². The van der Waals surface area contributed by atoms with Crippen LogP contribution >= 0.6 is 22.6 Å². The smallest absolute Gasteiger partial charge is 0.270 e. The Balaban J connectivity index is 2.29. The van der Waals surface area contributed by atoms with Gasteiger partial charge in [0, 0.05) is 12.2 Å². The first kappa shape index (κ1) is 12.3. The molecule has 6 heteroatoms. The van der Waals surface area contributed by atoms with Crippen LogP contribution in [0.2, 0.25) is 0 Å². The van der Waals surface area contributed by atoms with E-state index in [1.54, 1.807) is 23.0 Å². The van der Waals surface area contributed by atoms with Crippen LogP contribution in [0.3, 0.4) is 0 Å². The highest BCUT2D eigenvalue weighted by Gasteiger charge is 2.12. The lowest BCUT2D eigenvalue weighted by Gasteiger charge is -2.10. The van der Waals surface area contributed by atoms with Gasteiger partial charge in [-0.3, -0.25) is 4.79 Å². The van der Waals surface area contributed by atoms with Gasteiger partial charge in [-0.2, -0.15) is 5.10 Å². The van der Waals surface area contributed by atoms with Gasteiger partial charge in [0.2, 0.25) is 0 Å². The molecular weight excluding hydrogens is 331 g/mol. The van der Waals surface area contributed by atoms with Crippen molar-refractivity contribution in [2.24, 2.45) is 0 Å². The van der Waals surface area contributed by atoms with Crippen molar-refractivity contribution in [2.45, 2.75) is 26.3 Å². The molecule has 1 amide bonds. The summed E-state index contributed by atoms with van der Waals surface area (Å²) in [5.74, 6) is -0.140. The van der Waals surface area contributed by atoms with Crippen molar-refractivity contribution in [1.82, 2.24) is 19.9 Å². The number of halogens is 1. The number of hydrogen-bond acceptors (Lipinski definition) is 3. The predicted octanol–water partition coefficient (Wildman–Crippen LogP) is 1.86. The maximum absolute atomic E-state index is 11.9. The molecule has 2 aromatic heterocycles. The molecule has 17 heavy (non-hydrogen) atoms. The van der Waals surface area contributed by atoms with E-state index in [0.717, 1.165) is 9.99 Å². The normalized spacial score (nSPS) is 12.6. The third kappa shape index (κ3) is 2.56. The maximum Gasteiger partial charge on any atom is 0.270 e. The van der Waals surface area contributed by atoms with E-state index in [0.29, 0.717) is 11.3 Å². The molecule has 0 aliphatic rings. The molecule has 0 saturated carbocycles. The molecule has 1 atom stereocenters. The molecule has 0 radical (unpaired) electrons. The van der Waals surface area contributed by atoms with E-state index in [9.17, 15) is 4.79 Å². The van der Waals surface area contributed by atoms with Crippen LogP contribution in [0, 0.1) is 3.57 Å². The van der Waals surface area contributed by atoms with Gasteiger partial charge >= 0.3 is 0 Å². The fourth-order valence-electron chi connectivity index (χ4n) is 1.37. The Labute approximate surface area is 113 Å². The van der Waals surface area contributed by atoms with Crippen molar-refractivity contribution in [1.29, 1.82) is 0 Å². The Morgan fingerprint density at radius 3 is 3.12 bits per heavy atom. The van der Waals surface area contributed by atoms with E-state index in [4.69, 9.17) is 0 Å².